The molecule has 3 nitrogen and oxygen atoms in total. The summed E-state index contributed by atoms with van der Waals surface area (Å²) < 4.78 is 0. The first-order valence-electron chi connectivity index (χ1n) is 9.33. The van der Waals surface area contributed by atoms with E-state index in [1.54, 1.807) is 0 Å². The van der Waals surface area contributed by atoms with Crippen molar-refractivity contribution in [2.75, 3.05) is 39.3 Å². The van der Waals surface area contributed by atoms with Gasteiger partial charge in [-0.1, -0.05) is 33.6 Å². The summed E-state index contributed by atoms with van der Waals surface area (Å²) in [5.41, 5.74) is 0.467. The molecule has 3 rings (SSSR count). The van der Waals surface area contributed by atoms with Gasteiger partial charge in [0.15, 0.2) is 0 Å². The topological polar surface area (TPSA) is 18.5 Å². The lowest BCUT2D eigenvalue weighted by atomic mass is 9.88. The van der Waals surface area contributed by atoms with Crippen LogP contribution in [0.4, 0.5) is 0 Å². The molecule has 0 aromatic rings. The lowest BCUT2D eigenvalue weighted by molar-refractivity contribution is 0.0451. The van der Waals surface area contributed by atoms with Crippen LogP contribution in [0, 0.1) is 11.8 Å². The molecular weight excluding hydrogens is 258 g/mol. The fourth-order valence-electron chi connectivity index (χ4n) is 4.94. The summed E-state index contributed by atoms with van der Waals surface area (Å²) in [4.78, 5) is 5.50. The molecule has 2 heterocycles. The van der Waals surface area contributed by atoms with Crippen molar-refractivity contribution in [2.24, 2.45) is 11.8 Å². The monoisotopic (exact) mass is 293 g/mol. The molecule has 21 heavy (non-hydrogen) atoms. The Labute approximate surface area is 131 Å². The van der Waals surface area contributed by atoms with E-state index in [0.29, 0.717) is 5.54 Å². The van der Waals surface area contributed by atoms with Gasteiger partial charge >= 0.3 is 0 Å². The van der Waals surface area contributed by atoms with Gasteiger partial charge in [0.1, 0.15) is 0 Å². The van der Waals surface area contributed by atoms with Crippen LogP contribution in [0.25, 0.3) is 0 Å². The van der Waals surface area contributed by atoms with E-state index >= 15 is 0 Å². The highest BCUT2D eigenvalue weighted by Gasteiger charge is 2.42. The van der Waals surface area contributed by atoms with Crippen molar-refractivity contribution in [2.45, 2.75) is 64.5 Å². The fraction of sp³-hybridized carbons (Fsp3) is 1.00. The van der Waals surface area contributed by atoms with Crippen LogP contribution in [-0.4, -0.2) is 60.6 Å². The molecule has 0 radical (unpaired) electrons. The Morgan fingerprint density at radius 1 is 1.24 bits per heavy atom. The van der Waals surface area contributed by atoms with Crippen LogP contribution in [0.5, 0.6) is 0 Å². The second-order valence-corrected chi connectivity index (χ2v) is 8.16. The molecule has 3 fully saturated rings. The smallest absolute Gasteiger partial charge is 0.0309 e. The maximum Gasteiger partial charge on any atom is 0.0309 e. The van der Waals surface area contributed by atoms with Gasteiger partial charge in [0, 0.05) is 37.8 Å². The molecule has 1 spiro atoms. The number of likely N-dealkylation sites (tertiary alicyclic amines) is 1. The first-order chi connectivity index (χ1) is 10.1. The lowest BCUT2D eigenvalue weighted by Gasteiger charge is -2.48. The average molecular weight is 293 g/mol. The maximum atomic E-state index is 3.95. The minimum atomic E-state index is 0.467. The maximum absolute atomic E-state index is 3.95. The molecule has 1 N–H and O–H groups in total. The first kappa shape index (κ1) is 15.8. The van der Waals surface area contributed by atoms with Gasteiger partial charge in [-0.25, -0.2) is 0 Å². The van der Waals surface area contributed by atoms with Crippen molar-refractivity contribution in [3.63, 3.8) is 0 Å². The molecule has 2 unspecified atom stereocenters. The molecular formula is C18H35N3. The van der Waals surface area contributed by atoms with Crippen molar-refractivity contribution in [1.29, 1.82) is 0 Å². The van der Waals surface area contributed by atoms with Crippen LogP contribution < -0.4 is 5.32 Å². The molecule has 0 aromatic carbocycles. The molecule has 1 saturated carbocycles. The molecule has 0 amide bonds. The summed E-state index contributed by atoms with van der Waals surface area (Å²) >= 11 is 0. The Bertz CT molecular complexity index is 335. The lowest BCUT2D eigenvalue weighted by Crippen LogP contribution is -2.65. The third-order valence-electron chi connectivity index (χ3n) is 6.30. The summed E-state index contributed by atoms with van der Waals surface area (Å²) in [6.45, 7) is 14.8. The third-order valence-corrected chi connectivity index (χ3v) is 6.30. The second-order valence-electron chi connectivity index (χ2n) is 8.16. The van der Waals surface area contributed by atoms with Crippen LogP contribution in [0.2, 0.25) is 0 Å². The Morgan fingerprint density at radius 2 is 2.00 bits per heavy atom. The number of piperazine rings is 1. The zero-order chi connectivity index (χ0) is 14.9. The summed E-state index contributed by atoms with van der Waals surface area (Å²) in [5, 5.41) is 3.95. The zero-order valence-corrected chi connectivity index (χ0v) is 14.4. The largest absolute Gasteiger partial charge is 0.308 e. The highest BCUT2D eigenvalue weighted by atomic mass is 15.3. The molecule has 1 aliphatic carbocycles. The highest BCUT2D eigenvalue weighted by Crippen LogP contribution is 2.35. The quantitative estimate of drug-likeness (QED) is 0.859. The van der Waals surface area contributed by atoms with E-state index in [0.717, 1.165) is 17.9 Å². The zero-order valence-electron chi connectivity index (χ0n) is 14.4. The van der Waals surface area contributed by atoms with Crippen LogP contribution in [-0.2, 0) is 0 Å². The molecule has 2 aliphatic heterocycles. The number of nitrogens with zero attached hydrogens (tertiary/aromatic N) is 2. The van der Waals surface area contributed by atoms with Gasteiger partial charge in [-0.15, -0.1) is 0 Å². The molecule has 3 heteroatoms. The van der Waals surface area contributed by atoms with E-state index in [-0.39, 0.29) is 0 Å². The fourth-order valence-corrected chi connectivity index (χ4v) is 4.94. The van der Waals surface area contributed by atoms with Gasteiger partial charge in [-0.2, -0.15) is 0 Å². The first-order valence-corrected chi connectivity index (χ1v) is 9.33. The number of rotatable bonds is 4. The van der Waals surface area contributed by atoms with E-state index < -0.39 is 0 Å². The van der Waals surface area contributed by atoms with Crippen LogP contribution in [0.1, 0.15) is 52.9 Å². The van der Waals surface area contributed by atoms with Crippen LogP contribution in [0.15, 0.2) is 0 Å². The standard InChI is InChI=1S/C18H35N3/c1-4-20-10-7-16(12-20)13-21-14-18(8-5-6-9-18)19-11-17(21)15(2)3/h15-17,19H,4-14H2,1-3H3. The van der Waals surface area contributed by atoms with E-state index in [2.05, 4.69) is 35.9 Å². The Morgan fingerprint density at radius 3 is 2.62 bits per heavy atom. The third kappa shape index (κ3) is 3.46. The number of nitrogens with one attached hydrogen (secondary N) is 1. The van der Waals surface area contributed by atoms with E-state index in [9.17, 15) is 0 Å². The Hall–Kier alpha value is -0.120. The second kappa shape index (κ2) is 6.55. The van der Waals surface area contributed by atoms with Crippen molar-refractivity contribution in [3.05, 3.63) is 0 Å². The molecule has 0 bridgehead atoms. The molecule has 2 saturated heterocycles. The summed E-state index contributed by atoms with van der Waals surface area (Å²) in [6.07, 6.45) is 7.08. The van der Waals surface area contributed by atoms with Gasteiger partial charge in [-0.05, 0) is 44.2 Å². The minimum Gasteiger partial charge on any atom is -0.308 e. The number of hydrogen-bond donors (Lipinski definition) is 1. The SMILES string of the molecule is CCN1CCC(CN2CC3(CCCC3)NCC2C(C)C)C1. The van der Waals surface area contributed by atoms with Gasteiger partial charge in [0.05, 0.1) is 0 Å². The van der Waals surface area contributed by atoms with Crippen molar-refractivity contribution >= 4 is 0 Å². The predicted octanol–water partition coefficient (Wildman–Crippen LogP) is 2.57. The van der Waals surface area contributed by atoms with Crippen molar-refractivity contribution in [3.8, 4) is 0 Å². The van der Waals surface area contributed by atoms with E-state index in [1.165, 1.54) is 71.4 Å². The van der Waals surface area contributed by atoms with Gasteiger partial charge in [0.2, 0.25) is 0 Å². The number of hydrogen-bond acceptors (Lipinski definition) is 3. The Kier molecular flexibility index (Phi) is 4.92. The van der Waals surface area contributed by atoms with Gasteiger partial charge < -0.3 is 10.2 Å². The normalized spacial score (nSPS) is 34.3. The van der Waals surface area contributed by atoms with Gasteiger partial charge in [-0.3, -0.25) is 4.90 Å². The summed E-state index contributed by atoms with van der Waals surface area (Å²) in [6, 6.07) is 0.743. The van der Waals surface area contributed by atoms with Crippen molar-refractivity contribution in [1.82, 2.24) is 15.1 Å². The highest BCUT2D eigenvalue weighted by molar-refractivity contribution is 5.02. The summed E-state index contributed by atoms with van der Waals surface area (Å²) in [5.74, 6) is 1.67. The van der Waals surface area contributed by atoms with E-state index in [4.69, 9.17) is 0 Å². The van der Waals surface area contributed by atoms with Crippen LogP contribution in [0.3, 0.4) is 0 Å². The van der Waals surface area contributed by atoms with Gasteiger partial charge in [0.25, 0.3) is 0 Å². The summed E-state index contributed by atoms with van der Waals surface area (Å²) in [7, 11) is 0. The average Bonchev–Trinajstić information content (AvgIpc) is 3.08. The molecule has 122 valence electrons. The molecule has 3 aliphatic rings. The van der Waals surface area contributed by atoms with E-state index in [1.807, 2.05) is 0 Å². The molecule has 0 aromatic heterocycles. The molecule has 2 atom stereocenters. The predicted molar refractivity (Wildman–Crippen MR) is 89.6 cm³/mol. The Balaban J connectivity index is 1.63. The van der Waals surface area contributed by atoms with Crippen molar-refractivity contribution < 1.29 is 0 Å². The van der Waals surface area contributed by atoms with Crippen LogP contribution >= 0.6 is 0 Å². The minimum absolute atomic E-state index is 0.467.